The smallest absolute Gasteiger partial charge is 0.342 e. The molecule has 0 aliphatic carbocycles. The van der Waals surface area contributed by atoms with E-state index in [1.807, 2.05) is 32.0 Å². The summed E-state index contributed by atoms with van der Waals surface area (Å²) in [4.78, 5) is 25.1. The minimum atomic E-state index is -0.938. The van der Waals surface area contributed by atoms with E-state index >= 15 is 0 Å². The van der Waals surface area contributed by atoms with Crippen LogP contribution in [0.4, 0.5) is 5.69 Å². The largest absolute Gasteiger partial charge is 0.493 e. The normalized spacial score (nSPS) is 11.8. The van der Waals surface area contributed by atoms with Gasteiger partial charge in [0.2, 0.25) is 0 Å². The number of carbonyl (C=O) groups is 2. The Balaban J connectivity index is 2.12. The van der Waals surface area contributed by atoms with Gasteiger partial charge in [-0.1, -0.05) is 44.2 Å². The number of rotatable bonds is 7. The zero-order valence-corrected chi connectivity index (χ0v) is 16.5. The van der Waals surface area contributed by atoms with Gasteiger partial charge >= 0.3 is 5.97 Å². The number of hydrogen-bond donors (Lipinski definition) is 1. The first-order chi connectivity index (χ1) is 12.8. The van der Waals surface area contributed by atoms with Gasteiger partial charge in [-0.15, -0.1) is 0 Å². The number of amides is 1. The molecule has 0 fully saturated rings. The number of aryl methyl sites for hydroxylation is 1. The maximum atomic E-state index is 12.6. The number of nitrogens with one attached hydrogen (secondary N) is 1. The van der Waals surface area contributed by atoms with Crippen molar-refractivity contribution in [1.82, 2.24) is 0 Å². The molecule has 5 nitrogen and oxygen atoms in total. The minimum absolute atomic E-state index is 0.260. The van der Waals surface area contributed by atoms with Gasteiger partial charge in [0.05, 0.1) is 6.61 Å². The van der Waals surface area contributed by atoms with E-state index in [2.05, 4.69) is 19.2 Å². The number of esters is 1. The van der Waals surface area contributed by atoms with Gasteiger partial charge < -0.3 is 14.8 Å². The molecule has 0 heterocycles. The SMILES string of the molecule is CCOc1ccccc1C(=O)O[C@@H](C)C(=O)Nc1c(C)cccc1C(C)C. The second-order valence-electron chi connectivity index (χ2n) is 6.66. The quantitative estimate of drug-likeness (QED) is 0.719. The van der Waals surface area contributed by atoms with Crippen molar-refractivity contribution in [3.63, 3.8) is 0 Å². The first-order valence-electron chi connectivity index (χ1n) is 9.18. The number of ether oxygens (including phenoxy) is 2. The van der Waals surface area contributed by atoms with Crippen molar-refractivity contribution in [3.05, 3.63) is 59.2 Å². The Hall–Kier alpha value is -2.82. The van der Waals surface area contributed by atoms with Crippen molar-refractivity contribution >= 4 is 17.6 Å². The van der Waals surface area contributed by atoms with Gasteiger partial charge in [-0.3, -0.25) is 4.79 Å². The fourth-order valence-electron chi connectivity index (χ4n) is 2.76. The predicted molar refractivity (Wildman–Crippen MR) is 106 cm³/mol. The van der Waals surface area contributed by atoms with E-state index in [-0.39, 0.29) is 11.8 Å². The second-order valence-corrected chi connectivity index (χ2v) is 6.66. The van der Waals surface area contributed by atoms with Crippen LogP contribution in [0.25, 0.3) is 0 Å². The fraction of sp³-hybridized carbons (Fsp3) is 0.364. The third kappa shape index (κ3) is 5.09. The van der Waals surface area contributed by atoms with Gasteiger partial charge in [-0.05, 0) is 49.9 Å². The molecule has 0 bridgehead atoms. The molecule has 2 rings (SSSR count). The molecule has 0 aliphatic rings. The maximum absolute atomic E-state index is 12.6. The average molecular weight is 369 g/mol. The molecule has 0 unspecified atom stereocenters. The van der Waals surface area contributed by atoms with E-state index in [0.29, 0.717) is 17.9 Å². The Morgan fingerprint density at radius 1 is 1.04 bits per heavy atom. The summed E-state index contributed by atoms with van der Waals surface area (Å²) in [5, 5.41) is 2.91. The van der Waals surface area contributed by atoms with Crippen LogP contribution in [0.5, 0.6) is 5.75 Å². The lowest BCUT2D eigenvalue weighted by Crippen LogP contribution is -2.30. The molecule has 2 aromatic carbocycles. The van der Waals surface area contributed by atoms with Gasteiger partial charge in [0.15, 0.2) is 6.10 Å². The summed E-state index contributed by atoms with van der Waals surface area (Å²) in [6, 6.07) is 12.7. The Kier molecular flexibility index (Phi) is 6.99. The van der Waals surface area contributed by atoms with Crippen molar-refractivity contribution in [2.45, 2.75) is 46.6 Å². The first kappa shape index (κ1) is 20.5. The van der Waals surface area contributed by atoms with Crippen molar-refractivity contribution in [2.75, 3.05) is 11.9 Å². The van der Waals surface area contributed by atoms with Crippen LogP contribution in [-0.2, 0) is 9.53 Å². The maximum Gasteiger partial charge on any atom is 0.342 e. The third-order valence-corrected chi connectivity index (χ3v) is 4.24. The zero-order chi connectivity index (χ0) is 20.0. The molecule has 144 valence electrons. The summed E-state index contributed by atoms with van der Waals surface area (Å²) in [7, 11) is 0. The number of hydrogen-bond acceptors (Lipinski definition) is 4. The topological polar surface area (TPSA) is 64.6 Å². The lowest BCUT2D eigenvalue weighted by molar-refractivity contribution is -0.123. The first-order valence-corrected chi connectivity index (χ1v) is 9.18. The van der Waals surface area contributed by atoms with E-state index in [4.69, 9.17) is 9.47 Å². The second kappa shape index (κ2) is 9.21. The number of anilines is 1. The van der Waals surface area contributed by atoms with Crippen LogP contribution in [0.2, 0.25) is 0 Å². The summed E-state index contributed by atoms with van der Waals surface area (Å²) in [5.41, 5.74) is 3.09. The molecule has 2 aromatic rings. The van der Waals surface area contributed by atoms with E-state index in [1.54, 1.807) is 31.2 Å². The predicted octanol–water partition coefficient (Wildman–Crippen LogP) is 4.70. The van der Waals surface area contributed by atoms with E-state index in [0.717, 1.165) is 16.8 Å². The fourth-order valence-corrected chi connectivity index (χ4v) is 2.76. The number of carbonyl (C=O) groups excluding carboxylic acids is 2. The molecular weight excluding hydrogens is 342 g/mol. The summed E-state index contributed by atoms with van der Waals surface area (Å²) in [6.07, 6.45) is -0.938. The van der Waals surface area contributed by atoms with E-state index < -0.39 is 12.1 Å². The molecule has 1 atom stereocenters. The summed E-state index contributed by atoms with van der Waals surface area (Å²) in [6.45, 7) is 9.91. The molecule has 0 aliphatic heterocycles. The number of para-hydroxylation sites is 2. The third-order valence-electron chi connectivity index (χ3n) is 4.24. The van der Waals surface area contributed by atoms with Crippen LogP contribution < -0.4 is 10.1 Å². The van der Waals surface area contributed by atoms with E-state index in [9.17, 15) is 9.59 Å². The Bertz CT molecular complexity index is 814. The Morgan fingerprint density at radius 3 is 2.41 bits per heavy atom. The molecule has 0 saturated heterocycles. The van der Waals surface area contributed by atoms with Crippen LogP contribution in [0, 0.1) is 6.92 Å². The van der Waals surface area contributed by atoms with Gasteiger partial charge in [-0.25, -0.2) is 4.79 Å². The molecule has 5 heteroatoms. The lowest BCUT2D eigenvalue weighted by atomic mass is 9.98. The molecule has 0 radical (unpaired) electrons. The molecule has 0 aromatic heterocycles. The molecule has 1 amide bonds. The molecular formula is C22H27NO4. The molecule has 0 saturated carbocycles. The molecule has 1 N–H and O–H groups in total. The van der Waals surface area contributed by atoms with Gasteiger partial charge in [-0.2, -0.15) is 0 Å². The van der Waals surface area contributed by atoms with Gasteiger partial charge in [0.25, 0.3) is 5.91 Å². The highest BCUT2D eigenvalue weighted by molar-refractivity contribution is 5.99. The highest BCUT2D eigenvalue weighted by Crippen LogP contribution is 2.27. The van der Waals surface area contributed by atoms with Crippen molar-refractivity contribution < 1.29 is 19.1 Å². The average Bonchev–Trinajstić information content (AvgIpc) is 2.63. The van der Waals surface area contributed by atoms with Crippen LogP contribution >= 0.6 is 0 Å². The monoisotopic (exact) mass is 369 g/mol. The van der Waals surface area contributed by atoms with Gasteiger partial charge in [0.1, 0.15) is 11.3 Å². The standard InChI is InChI=1S/C22H27NO4/c1-6-26-19-13-8-7-11-18(19)22(25)27-16(5)21(24)23-20-15(4)10-9-12-17(20)14(2)3/h7-14,16H,6H2,1-5H3,(H,23,24)/t16-/m0/s1. The van der Waals surface area contributed by atoms with Crippen LogP contribution in [-0.4, -0.2) is 24.6 Å². The minimum Gasteiger partial charge on any atom is -0.493 e. The van der Waals surface area contributed by atoms with Crippen molar-refractivity contribution in [1.29, 1.82) is 0 Å². The van der Waals surface area contributed by atoms with Crippen LogP contribution in [0.1, 0.15) is 55.1 Å². The lowest BCUT2D eigenvalue weighted by Gasteiger charge is -2.19. The van der Waals surface area contributed by atoms with Crippen LogP contribution in [0.3, 0.4) is 0 Å². The molecule has 0 spiro atoms. The van der Waals surface area contributed by atoms with Crippen molar-refractivity contribution in [3.8, 4) is 5.75 Å². The Labute approximate surface area is 160 Å². The van der Waals surface area contributed by atoms with Gasteiger partial charge in [0, 0.05) is 5.69 Å². The summed E-state index contributed by atoms with van der Waals surface area (Å²) in [5.74, 6) is -0.251. The Morgan fingerprint density at radius 2 is 1.74 bits per heavy atom. The van der Waals surface area contributed by atoms with Crippen LogP contribution in [0.15, 0.2) is 42.5 Å². The summed E-state index contributed by atoms with van der Waals surface area (Å²) >= 11 is 0. The van der Waals surface area contributed by atoms with Crippen molar-refractivity contribution in [2.24, 2.45) is 0 Å². The van der Waals surface area contributed by atoms with E-state index in [1.165, 1.54) is 0 Å². The molecule has 27 heavy (non-hydrogen) atoms. The zero-order valence-electron chi connectivity index (χ0n) is 16.5. The highest BCUT2D eigenvalue weighted by Gasteiger charge is 2.22. The highest BCUT2D eigenvalue weighted by atomic mass is 16.5. The summed E-state index contributed by atoms with van der Waals surface area (Å²) < 4.78 is 10.8. The number of benzene rings is 2.